The molecule has 0 aliphatic rings. The molecule has 1 unspecified atom stereocenters. The third kappa shape index (κ3) is 7.29. The van der Waals surface area contributed by atoms with Gasteiger partial charge in [0.1, 0.15) is 0 Å². The van der Waals surface area contributed by atoms with Gasteiger partial charge in [-0.25, -0.2) is 9.90 Å². The van der Waals surface area contributed by atoms with Gasteiger partial charge >= 0.3 is 5.97 Å². The van der Waals surface area contributed by atoms with Crippen molar-refractivity contribution in [3.63, 3.8) is 0 Å². The van der Waals surface area contributed by atoms with E-state index in [1.54, 1.807) is 0 Å². The highest BCUT2D eigenvalue weighted by Crippen LogP contribution is 2.02. The van der Waals surface area contributed by atoms with Crippen molar-refractivity contribution in [3.05, 3.63) is 0 Å². The van der Waals surface area contributed by atoms with Crippen LogP contribution in [0.25, 0.3) is 0 Å². The van der Waals surface area contributed by atoms with Crippen molar-refractivity contribution in [1.82, 2.24) is 0 Å². The molecular weight excluding hydrogens is 148 g/mol. The average molecular weight is 161 g/mol. The Bertz CT molecular complexity index is 113. The van der Waals surface area contributed by atoms with E-state index in [9.17, 15) is 9.90 Å². The van der Waals surface area contributed by atoms with Crippen LogP contribution in [0.5, 0.6) is 0 Å². The summed E-state index contributed by atoms with van der Waals surface area (Å²) in [5.41, 5.74) is 0. The number of carbonyl (C=O) groups is 1. The first-order chi connectivity index (χ1) is 5.16. The third-order valence-corrected chi connectivity index (χ3v) is 1.38. The number of aliphatic hydroxyl groups is 2. The summed E-state index contributed by atoms with van der Waals surface area (Å²) in [6.45, 7) is -0.259. The van der Waals surface area contributed by atoms with Gasteiger partial charge in [0.25, 0.3) is 0 Å². The molecule has 4 heteroatoms. The van der Waals surface area contributed by atoms with Crippen LogP contribution < -0.4 is 0 Å². The second kappa shape index (κ2) is 6.12. The molecule has 0 aromatic heterocycles. The van der Waals surface area contributed by atoms with Crippen molar-refractivity contribution in [2.45, 2.75) is 31.8 Å². The first-order valence-corrected chi connectivity index (χ1v) is 3.65. The molecule has 0 saturated heterocycles. The lowest BCUT2D eigenvalue weighted by Gasteiger charge is -2.04. The molecule has 0 aromatic rings. The summed E-state index contributed by atoms with van der Waals surface area (Å²) in [6.07, 6.45) is 0.869. The Labute approximate surface area is 65.5 Å². The van der Waals surface area contributed by atoms with Gasteiger partial charge in [0.05, 0.1) is 19.1 Å². The molecule has 4 nitrogen and oxygen atoms in total. The van der Waals surface area contributed by atoms with Crippen LogP contribution in [0.15, 0.2) is 0 Å². The molecule has 0 saturated carbocycles. The van der Waals surface area contributed by atoms with Crippen molar-refractivity contribution >= 4 is 5.97 Å². The maximum atomic E-state index is 9.89. The Hall–Kier alpha value is -0.610. The molecule has 0 aliphatic heterocycles. The maximum absolute atomic E-state index is 9.89. The normalized spacial score (nSPS) is 12.9. The molecule has 0 spiro atoms. The zero-order valence-corrected chi connectivity index (χ0v) is 6.32. The van der Waals surface area contributed by atoms with Crippen LogP contribution in [-0.2, 0) is 9.90 Å². The zero-order valence-electron chi connectivity index (χ0n) is 6.32. The summed E-state index contributed by atoms with van der Waals surface area (Å²) < 4.78 is 0. The van der Waals surface area contributed by atoms with E-state index in [0.29, 0.717) is 19.3 Å². The number of rotatable bonds is 6. The Balaban J connectivity index is 3.08. The molecule has 0 heterocycles. The van der Waals surface area contributed by atoms with Gasteiger partial charge in [-0.2, -0.15) is 0 Å². The second-order valence-corrected chi connectivity index (χ2v) is 2.45. The van der Waals surface area contributed by atoms with Gasteiger partial charge in [-0.3, -0.25) is 0 Å². The third-order valence-electron chi connectivity index (χ3n) is 1.38. The molecule has 1 radical (unpaired) electrons. The fourth-order valence-electron chi connectivity index (χ4n) is 0.741. The average Bonchev–Trinajstić information content (AvgIpc) is 1.97. The Morgan fingerprint density at radius 1 is 1.36 bits per heavy atom. The van der Waals surface area contributed by atoms with E-state index in [1.165, 1.54) is 0 Å². The zero-order chi connectivity index (χ0) is 8.69. The van der Waals surface area contributed by atoms with Crippen LogP contribution in [0.4, 0.5) is 0 Å². The highest BCUT2D eigenvalue weighted by Gasteiger charge is 2.03. The minimum atomic E-state index is -1.07. The van der Waals surface area contributed by atoms with Crippen LogP contribution in [0.1, 0.15) is 25.7 Å². The van der Waals surface area contributed by atoms with Crippen molar-refractivity contribution in [3.8, 4) is 0 Å². The minimum absolute atomic E-state index is 0.0259. The summed E-state index contributed by atoms with van der Waals surface area (Å²) in [5, 5.41) is 27.1. The number of hydrogen-bond donors (Lipinski definition) is 2. The van der Waals surface area contributed by atoms with Crippen molar-refractivity contribution in [1.29, 1.82) is 0 Å². The lowest BCUT2D eigenvalue weighted by atomic mass is 10.1. The summed E-state index contributed by atoms with van der Waals surface area (Å²) >= 11 is 0. The van der Waals surface area contributed by atoms with Gasteiger partial charge in [0, 0.05) is 0 Å². The van der Waals surface area contributed by atoms with Crippen LogP contribution >= 0.6 is 0 Å². The van der Waals surface area contributed by atoms with Gasteiger partial charge < -0.3 is 10.2 Å². The van der Waals surface area contributed by atoms with E-state index in [2.05, 4.69) is 0 Å². The molecule has 0 fully saturated rings. The molecule has 65 valence electrons. The molecule has 2 N–H and O–H groups in total. The van der Waals surface area contributed by atoms with Crippen LogP contribution in [0.2, 0.25) is 0 Å². The second-order valence-electron chi connectivity index (χ2n) is 2.45. The first kappa shape index (κ1) is 10.4. The van der Waals surface area contributed by atoms with E-state index in [-0.39, 0.29) is 13.0 Å². The number of hydrogen-bond acceptors (Lipinski definition) is 3. The van der Waals surface area contributed by atoms with Gasteiger partial charge in [-0.05, 0) is 12.8 Å². The highest BCUT2D eigenvalue weighted by molar-refractivity contribution is 5.66. The summed E-state index contributed by atoms with van der Waals surface area (Å²) in [5.74, 6) is -1.07. The summed E-state index contributed by atoms with van der Waals surface area (Å²) in [7, 11) is 0. The van der Waals surface area contributed by atoms with Gasteiger partial charge in [0.2, 0.25) is 0 Å². The molecule has 0 rings (SSSR count). The molecule has 0 aliphatic carbocycles. The highest BCUT2D eigenvalue weighted by atomic mass is 16.4. The van der Waals surface area contributed by atoms with Crippen LogP contribution in [-0.4, -0.2) is 28.9 Å². The summed E-state index contributed by atoms with van der Waals surface area (Å²) in [6, 6.07) is 0. The van der Waals surface area contributed by atoms with E-state index in [1.807, 2.05) is 0 Å². The Morgan fingerprint density at radius 3 is 2.45 bits per heavy atom. The van der Waals surface area contributed by atoms with E-state index >= 15 is 0 Å². The molecule has 11 heavy (non-hydrogen) atoms. The summed E-state index contributed by atoms with van der Waals surface area (Å²) in [4.78, 5) is 9.89. The smallest absolute Gasteiger partial charge is 0.355 e. The van der Waals surface area contributed by atoms with E-state index in [4.69, 9.17) is 10.2 Å². The molecule has 0 bridgehead atoms. The number of carbonyl (C=O) groups excluding carboxylic acids is 1. The van der Waals surface area contributed by atoms with Crippen LogP contribution in [0, 0.1) is 0 Å². The van der Waals surface area contributed by atoms with Crippen molar-refractivity contribution in [2.24, 2.45) is 0 Å². The minimum Gasteiger partial charge on any atom is -0.394 e. The molecule has 0 amide bonds. The fraction of sp³-hybridized carbons (Fsp3) is 0.857. The Kier molecular flexibility index (Phi) is 5.78. The molecule has 1 atom stereocenters. The SMILES string of the molecule is [O]C(=O)CCCCC(O)CO. The molecule has 0 aromatic carbocycles. The number of aliphatic hydroxyl groups excluding tert-OH is 2. The van der Waals surface area contributed by atoms with Crippen molar-refractivity contribution < 1.29 is 20.1 Å². The standard InChI is InChI=1S/C7H13O4/c8-5-6(9)3-1-2-4-7(10)11/h6,8-9H,1-5H2. The van der Waals surface area contributed by atoms with E-state index < -0.39 is 12.1 Å². The predicted octanol–water partition coefficient (Wildman–Crippen LogP) is -0.143. The predicted molar refractivity (Wildman–Crippen MR) is 37.3 cm³/mol. The lowest BCUT2D eigenvalue weighted by Crippen LogP contribution is -2.11. The lowest BCUT2D eigenvalue weighted by molar-refractivity contribution is -0.143. The largest absolute Gasteiger partial charge is 0.394 e. The number of unbranched alkanes of at least 4 members (excludes halogenated alkanes) is 1. The van der Waals surface area contributed by atoms with Gasteiger partial charge in [-0.15, -0.1) is 0 Å². The monoisotopic (exact) mass is 161 g/mol. The van der Waals surface area contributed by atoms with E-state index in [0.717, 1.165) is 0 Å². The van der Waals surface area contributed by atoms with Gasteiger partial charge in [0.15, 0.2) is 0 Å². The Morgan fingerprint density at radius 2 is 2.00 bits per heavy atom. The van der Waals surface area contributed by atoms with Crippen LogP contribution in [0.3, 0.4) is 0 Å². The quantitative estimate of drug-likeness (QED) is 0.532. The fourth-order valence-corrected chi connectivity index (χ4v) is 0.741. The molecular formula is C7H13O4. The first-order valence-electron chi connectivity index (χ1n) is 3.65. The van der Waals surface area contributed by atoms with Crippen molar-refractivity contribution in [2.75, 3.05) is 6.61 Å². The maximum Gasteiger partial charge on any atom is 0.355 e. The topological polar surface area (TPSA) is 77.4 Å². The van der Waals surface area contributed by atoms with Gasteiger partial charge in [-0.1, -0.05) is 6.42 Å².